The lowest BCUT2D eigenvalue weighted by Crippen LogP contribution is -2.62. The number of halogens is 1. The number of ether oxygens (including phenoxy) is 1. The summed E-state index contributed by atoms with van der Waals surface area (Å²) in [7, 11) is 0. The van der Waals surface area contributed by atoms with E-state index < -0.39 is 17.3 Å². The molecule has 1 aliphatic rings. The van der Waals surface area contributed by atoms with Gasteiger partial charge >= 0.3 is 6.09 Å². The number of rotatable bonds is 1. The normalized spacial score (nSPS) is 17.8. The molecule has 0 unspecified atom stereocenters. The molecular weight excluding hydrogens is 312 g/mol. The van der Waals surface area contributed by atoms with E-state index in [2.05, 4.69) is 20.9 Å². The SMILES string of the molecule is CC(C)(C)OC(=O)N1CC(O)(c2ccc(Br)cn2)C1. The van der Waals surface area contributed by atoms with E-state index in [1.54, 1.807) is 12.3 Å². The van der Waals surface area contributed by atoms with Gasteiger partial charge in [-0.05, 0) is 48.8 Å². The fraction of sp³-hybridized carbons (Fsp3) is 0.538. The minimum atomic E-state index is -1.07. The van der Waals surface area contributed by atoms with Crippen LogP contribution in [0.15, 0.2) is 22.8 Å². The maximum Gasteiger partial charge on any atom is 0.410 e. The first kappa shape index (κ1) is 14.3. The van der Waals surface area contributed by atoms with Crippen LogP contribution in [0.5, 0.6) is 0 Å². The quantitative estimate of drug-likeness (QED) is 0.859. The van der Waals surface area contributed by atoms with Gasteiger partial charge in [0.2, 0.25) is 0 Å². The molecule has 104 valence electrons. The van der Waals surface area contributed by atoms with Crippen molar-refractivity contribution in [3.8, 4) is 0 Å². The van der Waals surface area contributed by atoms with Crippen LogP contribution in [0.2, 0.25) is 0 Å². The van der Waals surface area contributed by atoms with Gasteiger partial charge in [-0.2, -0.15) is 0 Å². The van der Waals surface area contributed by atoms with E-state index in [9.17, 15) is 9.90 Å². The zero-order chi connectivity index (χ0) is 14.3. The highest BCUT2D eigenvalue weighted by molar-refractivity contribution is 9.10. The molecule has 19 heavy (non-hydrogen) atoms. The number of carbonyl (C=O) groups excluding carboxylic acids is 1. The average molecular weight is 329 g/mol. The second kappa shape index (κ2) is 4.76. The van der Waals surface area contributed by atoms with Crippen molar-refractivity contribution in [2.24, 2.45) is 0 Å². The van der Waals surface area contributed by atoms with E-state index in [-0.39, 0.29) is 13.1 Å². The molecule has 1 saturated heterocycles. The minimum absolute atomic E-state index is 0.205. The summed E-state index contributed by atoms with van der Waals surface area (Å²) in [6.07, 6.45) is 1.22. The van der Waals surface area contributed by atoms with Gasteiger partial charge in [0.05, 0.1) is 18.8 Å². The number of aliphatic hydroxyl groups is 1. The van der Waals surface area contributed by atoms with Crippen molar-refractivity contribution >= 4 is 22.0 Å². The highest BCUT2D eigenvalue weighted by Crippen LogP contribution is 2.32. The second-order valence-electron chi connectivity index (χ2n) is 5.73. The number of nitrogens with zero attached hydrogens (tertiary/aromatic N) is 2. The van der Waals surface area contributed by atoms with Crippen molar-refractivity contribution < 1.29 is 14.6 Å². The largest absolute Gasteiger partial charge is 0.444 e. The molecule has 1 aliphatic heterocycles. The Kier molecular flexibility index (Phi) is 3.57. The lowest BCUT2D eigenvalue weighted by Gasteiger charge is -2.45. The standard InChI is InChI=1S/C13H17BrN2O3/c1-12(2,3)19-11(17)16-7-13(18,8-16)10-5-4-9(14)6-15-10/h4-6,18H,7-8H2,1-3H3. The molecule has 0 spiro atoms. The van der Waals surface area contributed by atoms with Crippen molar-refractivity contribution in [3.63, 3.8) is 0 Å². The Bertz CT molecular complexity index is 476. The van der Waals surface area contributed by atoms with Gasteiger partial charge in [0.15, 0.2) is 0 Å². The number of amides is 1. The van der Waals surface area contributed by atoms with Gasteiger partial charge in [0.1, 0.15) is 11.2 Å². The highest BCUT2D eigenvalue weighted by Gasteiger charge is 2.47. The summed E-state index contributed by atoms with van der Waals surface area (Å²) in [5.74, 6) is 0. The molecule has 0 radical (unpaired) electrons. The van der Waals surface area contributed by atoms with Gasteiger partial charge in [-0.3, -0.25) is 4.98 Å². The number of hydrogen-bond acceptors (Lipinski definition) is 4. The van der Waals surface area contributed by atoms with Crippen LogP contribution in [0.1, 0.15) is 26.5 Å². The maximum atomic E-state index is 11.8. The Labute approximate surface area is 120 Å². The Morgan fingerprint density at radius 2 is 2.11 bits per heavy atom. The summed E-state index contributed by atoms with van der Waals surface area (Å²) >= 11 is 3.29. The van der Waals surface area contributed by atoms with E-state index in [0.717, 1.165) is 4.47 Å². The highest BCUT2D eigenvalue weighted by atomic mass is 79.9. The van der Waals surface area contributed by atoms with E-state index in [1.807, 2.05) is 26.8 Å². The lowest BCUT2D eigenvalue weighted by molar-refractivity contribution is -0.106. The number of likely N-dealkylation sites (tertiary alicyclic amines) is 1. The third-order valence-electron chi connectivity index (χ3n) is 2.76. The Balaban J connectivity index is 1.98. The first-order chi connectivity index (χ1) is 8.70. The smallest absolute Gasteiger partial charge is 0.410 e. The van der Waals surface area contributed by atoms with Crippen LogP contribution >= 0.6 is 15.9 Å². The summed E-state index contributed by atoms with van der Waals surface area (Å²) in [6.45, 7) is 5.85. The minimum Gasteiger partial charge on any atom is -0.444 e. The molecule has 1 aromatic heterocycles. The topological polar surface area (TPSA) is 62.7 Å². The van der Waals surface area contributed by atoms with Gasteiger partial charge < -0.3 is 14.7 Å². The van der Waals surface area contributed by atoms with Gasteiger partial charge in [-0.15, -0.1) is 0 Å². The molecule has 5 nitrogen and oxygen atoms in total. The van der Waals surface area contributed by atoms with Crippen LogP contribution in [0.4, 0.5) is 4.79 Å². The van der Waals surface area contributed by atoms with Crippen LogP contribution in [0.25, 0.3) is 0 Å². The number of β-amino-alcohol motifs (C(OH)–C–C–N with tert-alkyl or cyclic N) is 1. The summed E-state index contributed by atoms with van der Waals surface area (Å²) in [5.41, 5.74) is -1.03. The van der Waals surface area contributed by atoms with Crippen molar-refractivity contribution in [2.75, 3.05) is 13.1 Å². The molecule has 1 fully saturated rings. The average Bonchev–Trinajstić information content (AvgIpc) is 2.23. The van der Waals surface area contributed by atoms with E-state index >= 15 is 0 Å². The predicted octanol–water partition coefficient (Wildman–Crippen LogP) is 2.28. The van der Waals surface area contributed by atoms with Crippen molar-refractivity contribution in [2.45, 2.75) is 32.0 Å². The van der Waals surface area contributed by atoms with Crippen LogP contribution in [-0.4, -0.2) is 39.8 Å². The molecule has 1 N–H and O–H groups in total. The molecule has 6 heteroatoms. The Morgan fingerprint density at radius 3 is 2.58 bits per heavy atom. The first-order valence-electron chi connectivity index (χ1n) is 6.02. The molecule has 1 aromatic rings. The molecule has 0 aliphatic carbocycles. The number of pyridine rings is 1. The van der Waals surface area contributed by atoms with Crippen LogP contribution < -0.4 is 0 Å². The summed E-state index contributed by atoms with van der Waals surface area (Å²) < 4.78 is 6.09. The van der Waals surface area contributed by atoms with Gasteiger partial charge in [0, 0.05) is 10.7 Å². The van der Waals surface area contributed by atoms with E-state index in [4.69, 9.17) is 4.74 Å². The monoisotopic (exact) mass is 328 g/mol. The molecule has 2 heterocycles. The lowest BCUT2D eigenvalue weighted by atomic mass is 9.90. The zero-order valence-corrected chi connectivity index (χ0v) is 12.8. The van der Waals surface area contributed by atoms with Crippen LogP contribution in [0.3, 0.4) is 0 Å². The fourth-order valence-electron chi connectivity index (χ4n) is 1.85. The van der Waals surface area contributed by atoms with Gasteiger partial charge in [0.25, 0.3) is 0 Å². The summed E-state index contributed by atoms with van der Waals surface area (Å²) in [6, 6.07) is 3.56. The van der Waals surface area contributed by atoms with Gasteiger partial charge in [-0.1, -0.05) is 0 Å². The zero-order valence-electron chi connectivity index (χ0n) is 11.2. The number of hydrogen-bond donors (Lipinski definition) is 1. The molecule has 1 amide bonds. The molecular formula is C13H17BrN2O3. The molecule has 2 rings (SSSR count). The van der Waals surface area contributed by atoms with Crippen molar-refractivity contribution in [1.82, 2.24) is 9.88 Å². The van der Waals surface area contributed by atoms with Gasteiger partial charge in [-0.25, -0.2) is 4.79 Å². The first-order valence-corrected chi connectivity index (χ1v) is 6.81. The van der Waals surface area contributed by atoms with Crippen molar-refractivity contribution in [1.29, 1.82) is 0 Å². The molecule has 0 aromatic carbocycles. The molecule has 0 bridgehead atoms. The molecule has 0 saturated carbocycles. The third-order valence-corrected chi connectivity index (χ3v) is 3.23. The summed E-state index contributed by atoms with van der Waals surface area (Å²) in [5, 5.41) is 10.4. The molecule has 0 atom stereocenters. The second-order valence-corrected chi connectivity index (χ2v) is 6.65. The van der Waals surface area contributed by atoms with E-state index in [1.165, 1.54) is 4.90 Å². The Hall–Kier alpha value is -1.14. The number of carbonyl (C=O) groups is 1. The Morgan fingerprint density at radius 1 is 1.47 bits per heavy atom. The number of aromatic nitrogens is 1. The van der Waals surface area contributed by atoms with Crippen molar-refractivity contribution in [3.05, 3.63) is 28.5 Å². The fourth-order valence-corrected chi connectivity index (χ4v) is 2.09. The van der Waals surface area contributed by atoms with E-state index in [0.29, 0.717) is 5.69 Å². The predicted molar refractivity (Wildman–Crippen MR) is 73.6 cm³/mol. The maximum absolute atomic E-state index is 11.8. The van der Waals surface area contributed by atoms with Crippen LogP contribution in [-0.2, 0) is 10.3 Å². The third kappa shape index (κ3) is 3.25. The summed E-state index contributed by atoms with van der Waals surface area (Å²) in [4.78, 5) is 17.4. The van der Waals surface area contributed by atoms with Crippen LogP contribution in [0, 0.1) is 0 Å².